The molecule has 0 bridgehead atoms. The van der Waals surface area contributed by atoms with Crippen LogP contribution in [0.4, 0.5) is 10.5 Å². The third-order valence-corrected chi connectivity index (χ3v) is 3.54. The Balaban J connectivity index is 0.000000292. The molecule has 2 aliphatic rings. The number of nitrogens with zero attached hydrogens (tertiary/aromatic N) is 1. The van der Waals surface area contributed by atoms with Crippen molar-refractivity contribution < 1.29 is 19.0 Å². The van der Waals surface area contributed by atoms with Gasteiger partial charge in [-0.2, -0.15) is 0 Å². The third-order valence-electron chi connectivity index (χ3n) is 3.54. The highest BCUT2D eigenvalue weighted by atomic mass is 16.6. The molecule has 1 fully saturated rings. The van der Waals surface area contributed by atoms with Gasteiger partial charge in [0, 0.05) is 19.7 Å². The van der Waals surface area contributed by atoms with Crippen molar-refractivity contribution in [3.05, 3.63) is 35.9 Å². The average Bonchev–Trinajstić information content (AvgIpc) is 2.64. The van der Waals surface area contributed by atoms with Gasteiger partial charge in [0.25, 0.3) is 0 Å². The Labute approximate surface area is 143 Å². The standard InChI is InChI=1S/C14H17NO3.C4H9NO/c1-3-17-13-10-9-11-7-5-6-8-12(11)15(13)14(16)18-4-2;1-3-6-4-2-5-1/h5-10,13H,3-4H2,1-2H3;5H,1-4H2. The lowest BCUT2D eigenvalue weighted by Crippen LogP contribution is -2.43. The summed E-state index contributed by atoms with van der Waals surface area (Å²) in [7, 11) is 0. The van der Waals surface area contributed by atoms with E-state index in [9.17, 15) is 4.79 Å². The molecule has 2 heterocycles. The van der Waals surface area contributed by atoms with Crippen LogP contribution in [0.1, 0.15) is 19.4 Å². The molecule has 1 saturated heterocycles. The van der Waals surface area contributed by atoms with E-state index < -0.39 is 6.23 Å². The number of benzene rings is 1. The van der Waals surface area contributed by atoms with Crippen molar-refractivity contribution in [1.29, 1.82) is 0 Å². The normalized spacial score (nSPS) is 19.1. The number of nitrogens with one attached hydrogen (secondary N) is 1. The maximum atomic E-state index is 12.0. The number of amides is 1. The highest BCUT2D eigenvalue weighted by molar-refractivity contribution is 5.93. The van der Waals surface area contributed by atoms with Crippen LogP contribution in [0.2, 0.25) is 0 Å². The number of fused-ring (bicyclic) bond motifs is 1. The second-order valence-electron chi connectivity index (χ2n) is 5.20. The Morgan fingerprint density at radius 1 is 1.25 bits per heavy atom. The number of carbonyl (C=O) groups is 1. The zero-order valence-corrected chi connectivity index (χ0v) is 14.4. The van der Waals surface area contributed by atoms with Gasteiger partial charge in [-0.25, -0.2) is 9.69 Å². The van der Waals surface area contributed by atoms with E-state index in [1.54, 1.807) is 11.8 Å². The second kappa shape index (κ2) is 10.1. The fourth-order valence-electron chi connectivity index (χ4n) is 2.47. The first-order valence-corrected chi connectivity index (χ1v) is 8.41. The van der Waals surface area contributed by atoms with E-state index in [0.717, 1.165) is 37.6 Å². The van der Waals surface area contributed by atoms with Crippen molar-refractivity contribution in [3.8, 4) is 0 Å². The molecule has 1 atom stereocenters. The number of hydrogen-bond acceptors (Lipinski definition) is 5. The average molecular weight is 334 g/mol. The fraction of sp³-hybridized carbons (Fsp3) is 0.500. The molecular weight excluding hydrogens is 308 g/mol. The van der Waals surface area contributed by atoms with Crippen LogP contribution in [-0.4, -0.2) is 51.8 Å². The SMILES string of the molecule is C1COCCN1.CCOC(=O)N1c2ccccc2C=CC1OCC. The van der Waals surface area contributed by atoms with Crippen LogP contribution in [0.3, 0.4) is 0 Å². The number of rotatable bonds is 3. The Bertz CT molecular complexity index is 532. The highest BCUT2D eigenvalue weighted by Gasteiger charge is 2.29. The molecule has 1 aromatic carbocycles. The summed E-state index contributed by atoms with van der Waals surface area (Å²) in [5.41, 5.74) is 1.80. The number of hydrogen-bond donors (Lipinski definition) is 1. The van der Waals surface area contributed by atoms with E-state index in [1.165, 1.54) is 0 Å². The fourth-order valence-corrected chi connectivity index (χ4v) is 2.47. The van der Waals surface area contributed by atoms with Gasteiger partial charge in [0.05, 0.1) is 25.5 Å². The molecule has 0 radical (unpaired) electrons. The van der Waals surface area contributed by atoms with Crippen molar-refractivity contribution in [2.24, 2.45) is 0 Å². The van der Waals surface area contributed by atoms with Crippen LogP contribution >= 0.6 is 0 Å². The predicted octanol–water partition coefficient (Wildman–Crippen LogP) is 2.65. The van der Waals surface area contributed by atoms with Crippen LogP contribution in [0.15, 0.2) is 30.3 Å². The molecule has 24 heavy (non-hydrogen) atoms. The first-order valence-electron chi connectivity index (χ1n) is 8.41. The first-order chi connectivity index (χ1) is 11.8. The number of para-hydroxylation sites is 1. The summed E-state index contributed by atoms with van der Waals surface area (Å²) in [4.78, 5) is 13.6. The topological polar surface area (TPSA) is 60.0 Å². The molecule has 2 aliphatic heterocycles. The van der Waals surface area contributed by atoms with Crippen molar-refractivity contribution in [2.45, 2.75) is 20.1 Å². The van der Waals surface area contributed by atoms with Gasteiger partial charge < -0.3 is 19.5 Å². The molecule has 0 aliphatic carbocycles. The number of carbonyl (C=O) groups excluding carboxylic acids is 1. The molecule has 3 rings (SSSR count). The van der Waals surface area contributed by atoms with Gasteiger partial charge in [-0.1, -0.05) is 24.3 Å². The molecule has 0 saturated carbocycles. The van der Waals surface area contributed by atoms with Crippen LogP contribution in [0, 0.1) is 0 Å². The molecule has 1 amide bonds. The van der Waals surface area contributed by atoms with Gasteiger partial charge >= 0.3 is 6.09 Å². The van der Waals surface area contributed by atoms with Crippen molar-refractivity contribution in [1.82, 2.24) is 5.32 Å². The lowest BCUT2D eigenvalue weighted by molar-refractivity contribution is 0.0830. The summed E-state index contributed by atoms with van der Waals surface area (Å²) in [6, 6.07) is 7.68. The van der Waals surface area contributed by atoms with Gasteiger partial charge in [0.15, 0.2) is 6.23 Å². The number of anilines is 1. The molecule has 132 valence electrons. The molecule has 1 unspecified atom stereocenters. The van der Waals surface area contributed by atoms with E-state index in [4.69, 9.17) is 14.2 Å². The monoisotopic (exact) mass is 334 g/mol. The lowest BCUT2D eigenvalue weighted by atomic mass is 10.1. The third kappa shape index (κ3) is 5.06. The largest absolute Gasteiger partial charge is 0.449 e. The van der Waals surface area contributed by atoms with E-state index in [1.807, 2.05) is 43.3 Å². The maximum Gasteiger partial charge on any atom is 0.416 e. The van der Waals surface area contributed by atoms with Gasteiger partial charge in [0.2, 0.25) is 0 Å². The Hall–Kier alpha value is -1.89. The van der Waals surface area contributed by atoms with E-state index in [0.29, 0.717) is 13.2 Å². The molecule has 6 heteroatoms. The first kappa shape index (κ1) is 18.4. The van der Waals surface area contributed by atoms with Crippen LogP contribution in [0.25, 0.3) is 6.08 Å². The number of ether oxygens (including phenoxy) is 3. The zero-order chi connectivity index (χ0) is 17.2. The molecule has 0 spiro atoms. The van der Waals surface area contributed by atoms with Crippen LogP contribution < -0.4 is 10.2 Å². The van der Waals surface area contributed by atoms with Gasteiger partial charge in [-0.05, 0) is 31.6 Å². The summed E-state index contributed by atoms with van der Waals surface area (Å²) < 4.78 is 15.7. The van der Waals surface area contributed by atoms with Crippen molar-refractivity contribution in [3.63, 3.8) is 0 Å². The summed E-state index contributed by atoms with van der Waals surface area (Å²) in [5.74, 6) is 0. The molecular formula is C18H26N2O4. The minimum Gasteiger partial charge on any atom is -0.449 e. The van der Waals surface area contributed by atoms with E-state index in [2.05, 4.69) is 5.32 Å². The summed E-state index contributed by atoms with van der Waals surface area (Å²) in [6.07, 6.45) is 3.05. The van der Waals surface area contributed by atoms with Gasteiger partial charge in [-0.3, -0.25) is 0 Å². The summed E-state index contributed by atoms with van der Waals surface area (Å²) >= 11 is 0. The van der Waals surface area contributed by atoms with E-state index in [-0.39, 0.29) is 6.09 Å². The predicted molar refractivity (Wildman–Crippen MR) is 94.1 cm³/mol. The lowest BCUT2D eigenvalue weighted by Gasteiger charge is -2.32. The van der Waals surface area contributed by atoms with E-state index >= 15 is 0 Å². The molecule has 6 nitrogen and oxygen atoms in total. The molecule has 1 N–H and O–H groups in total. The summed E-state index contributed by atoms with van der Waals surface area (Å²) in [6.45, 7) is 8.41. The van der Waals surface area contributed by atoms with Gasteiger partial charge in [0.1, 0.15) is 0 Å². The minimum atomic E-state index is -0.399. The van der Waals surface area contributed by atoms with Crippen molar-refractivity contribution >= 4 is 17.9 Å². The Morgan fingerprint density at radius 2 is 2.00 bits per heavy atom. The molecule has 0 aromatic heterocycles. The summed E-state index contributed by atoms with van der Waals surface area (Å²) in [5, 5.41) is 3.16. The quantitative estimate of drug-likeness (QED) is 0.921. The molecule has 1 aromatic rings. The Kier molecular flexibility index (Phi) is 7.74. The van der Waals surface area contributed by atoms with Gasteiger partial charge in [-0.15, -0.1) is 0 Å². The second-order valence-corrected chi connectivity index (χ2v) is 5.20. The minimum absolute atomic E-state index is 0.347. The number of morpholine rings is 1. The smallest absolute Gasteiger partial charge is 0.416 e. The maximum absolute atomic E-state index is 12.0. The highest BCUT2D eigenvalue weighted by Crippen LogP contribution is 2.29. The zero-order valence-electron chi connectivity index (χ0n) is 14.4. The Morgan fingerprint density at radius 3 is 2.58 bits per heavy atom. The van der Waals surface area contributed by atoms with Crippen molar-refractivity contribution in [2.75, 3.05) is 44.4 Å². The van der Waals surface area contributed by atoms with Crippen LogP contribution in [0.5, 0.6) is 0 Å². The van der Waals surface area contributed by atoms with Crippen LogP contribution in [-0.2, 0) is 14.2 Å².